The van der Waals surface area contributed by atoms with Crippen LogP contribution < -0.4 is 0 Å². The van der Waals surface area contributed by atoms with Crippen LogP contribution in [-0.2, 0) is 11.3 Å². The second kappa shape index (κ2) is 5.42. The van der Waals surface area contributed by atoms with E-state index in [1.807, 2.05) is 31.2 Å². The van der Waals surface area contributed by atoms with Crippen LogP contribution in [0.5, 0.6) is 0 Å². The Kier molecular flexibility index (Phi) is 3.87. The fourth-order valence-corrected chi connectivity index (χ4v) is 2.17. The summed E-state index contributed by atoms with van der Waals surface area (Å²) >= 11 is 6.13. The van der Waals surface area contributed by atoms with Crippen LogP contribution in [0.15, 0.2) is 24.3 Å². The molecule has 0 unspecified atom stereocenters. The Morgan fingerprint density at radius 2 is 2.16 bits per heavy atom. The lowest BCUT2D eigenvalue weighted by Gasteiger charge is -2.06. The first-order valence-corrected chi connectivity index (χ1v) is 5.99. The Bertz CT molecular complexity index is 622. The van der Waals surface area contributed by atoms with Gasteiger partial charge in [0.05, 0.1) is 12.3 Å². The molecular weight excluding hydrogens is 268 g/mol. The average Bonchev–Trinajstić information content (AvgIpc) is 2.67. The van der Waals surface area contributed by atoms with Crippen LogP contribution in [0.3, 0.4) is 0 Å². The summed E-state index contributed by atoms with van der Waals surface area (Å²) in [6.45, 7) is 2.00. The van der Waals surface area contributed by atoms with E-state index < -0.39 is 5.97 Å². The number of carbonyl (C=O) groups is 1. The van der Waals surface area contributed by atoms with E-state index in [1.165, 1.54) is 11.8 Å². The molecule has 5 nitrogen and oxygen atoms in total. The highest BCUT2D eigenvalue weighted by molar-refractivity contribution is 6.33. The SMILES string of the molecule is COCc1nn(-c2ccccc2C)c(Cl)c1C(=O)O. The third-order valence-electron chi connectivity index (χ3n) is 2.74. The molecule has 0 radical (unpaired) electrons. The molecule has 0 atom stereocenters. The summed E-state index contributed by atoms with van der Waals surface area (Å²) in [5, 5.41) is 13.5. The topological polar surface area (TPSA) is 64.4 Å². The van der Waals surface area contributed by atoms with Crippen LogP contribution in [-0.4, -0.2) is 28.0 Å². The van der Waals surface area contributed by atoms with Gasteiger partial charge in [-0.3, -0.25) is 0 Å². The van der Waals surface area contributed by atoms with Crippen LogP contribution in [0.25, 0.3) is 5.69 Å². The van der Waals surface area contributed by atoms with Gasteiger partial charge in [-0.25, -0.2) is 9.48 Å². The first kappa shape index (κ1) is 13.6. The van der Waals surface area contributed by atoms with Gasteiger partial charge in [0.1, 0.15) is 16.4 Å². The molecule has 2 aromatic rings. The van der Waals surface area contributed by atoms with Gasteiger partial charge in [0.25, 0.3) is 0 Å². The quantitative estimate of drug-likeness (QED) is 0.935. The van der Waals surface area contributed by atoms with Crippen molar-refractivity contribution in [3.63, 3.8) is 0 Å². The standard InChI is InChI=1S/C13H13ClN2O3/c1-8-5-3-4-6-10(8)16-12(14)11(13(17)18)9(15-16)7-19-2/h3-6H,7H2,1-2H3,(H,17,18). The molecular formula is C13H13ClN2O3. The number of hydrogen-bond acceptors (Lipinski definition) is 3. The van der Waals surface area contributed by atoms with Gasteiger partial charge in [0, 0.05) is 7.11 Å². The minimum atomic E-state index is -1.11. The van der Waals surface area contributed by atoms with Crippen molar-refractivity contribution in [1.82, 2.24) is 9.78 Å². The number of aryl methyl sites for hydroxylation is 1. The highest BCUT2D eigenvalue weighted by Gasteiger charge is 2.23. The average molecular weight is 281 g/mol. The van der Waals surface area contributed by atoms with Gasteiger partial charge in [0.15, 0.2) is 0 Å². The summed E-state index contributed by atoms with van der Waals surface area (Å²) in [6.07, 6.45) is 0. The smallest absolute Gasteiger partial charge is 0.340 e. The number of para-hydroxylation sites is 1. The second-order valence-corrected chi connectivity index (χ2v) is 4.41. The molecule has 0 saturated heterocycles. The summed E-state index contributed by atoms with van der Waals surface area (Å²) in [5.74, 6) is -1.11. The zero-order valence-electron chi connectivity index (χ0n) is 10.6. The highest BCUT2D eigenvalue weighted by Crippen LogP contribution is 2.25. The molecule has 0 bridgehead atoms. The van der Waals surface area contributed by atoms with Crippen molar-refractivity contribution in [3.8, 4) is 5.69 Å². The van der Waals surface area contributed by atoms with Crippen molar-refractivity contribution in [3.05, 3.63) is 46.2 Å². The van der Waals surface area contributed by atoms with Gasteiger partial charge >= 0.3 is 5.97 Å². The summed E-state index contributed by atoms with van der Waals surface area (Å²) in [4.78, 5) is 11.3. The predicted octanol–water partition coefficient (Wildman–Crippen LogP) is 2.68. The van der Waals surface area contributed by atoms with E-state index in [-0.39, 0.29) is 17.3 Å². The maximum Gasteiger partial charge on any atom is 0.340 e. The van der Waals surface area contributed by atoms with Gasteiger partial charge < -0.3 is 9.84 Å². The molecule has 0 amide bonds. The molecule has 2 rings (SSSR count). The van der Waals surface area contributed by atoms with Crippen molar-refractivity contribution >= 4 is 17.6 Å². The Balaban J connectivity index is 2.63. The van der Waals surface area contributed by atoms with Crippen molar-refractivity contribution in [1.29, 1.82) is 0 Å². The number of aromatic nitrogens is 2. The molecule has 0 aliphatic heterocycles. The first-order valence-electron chi connectivity index (χ1n) is 5.62. The summed E-state index contributed by atoms with van der Waals surface area (Å²) in [7, 11) is 1.48. The molecule has 6 heteroatoms. The number of nitrogens with zero attached hydrogens (tertiary/aromatic N) is 2. The molecule has 0 fully saturated rings. The van der Waals surface area contributed by atoms with E-state index in [0.717, 1.165) is 11.3 Å². The summed E-state index contributed by atoms with van der Waals surface area (Å²) < 4.78 is 6.38. The fraction of sp³-hybridized carbons (Fsp3) is 0.231. The van der Waals surface area contributed by atoms with E-state index in [4.69, 9.17) is 16.3 Å². The van der Waals surface area contributed by atoms with Crippen LogP contribution in [0.1, 0.15) is 21.6 Å². The van der Waals surface area contributed by atoms with Crippen LogP contribution in [0.2, 0.25) is 5.15 Å². The van der Waals surface area contributed by atoms with Crippen LogP contribution in [0, 0.1) is 6.92 Å². The number of ether oxygens (including phenoxy) is 1. The lowest BCUT2D eigenvalue weighted by Crippen LogP contribution is -2.01. The fourth-order valence-electron chi connectivity index (χ4n) is 1.85. The maximum absolute atomic E-state index is 11.3. The number of aromatic carboxylic acids is 1. The van der Waals surface area contributed by atoms with Crippen molar-refractivity contribution < 1.29 is 14.6 Å². The van der Waals surface area contributed by atoms with Gasteiger partial charge in [-0.05, 0) is 18.6 Å². The Morgan fingerprint density at radius 1 is 1.47 bits per heavy atom. The minimum Gasteiger partial charge on any atom is -0.478 e. The van der Waals surface area contributed by atoms with Crippen molar-refractivity contribution in [2.75, 3.05) is 7.11 Å². The lowest BCUT2D eigenvalue weighted by molar-refractivity contribution is 0.0692. The monoisotopic (exact) mass is 280 g/mol. The Labute approximate surface area is 115 Å². The molecule has 1 heterocycles. The maximum atomic E-state index is 11.3. The second-order valence-electron chi connectivity index (χ2n) is 4.05. The zero-order chi connectivity index (χ0) is 14.0. The molecule has 19 heavy (non-hydrogen) atoms. The van der Waals surface area contributed by atoms with E-state index in [9.17, 15) is 9.90 Å². The number of carboxylic acids is 1. The number of carboxylic acid groups (broad SMARTS) is 1. The Morgan fingerprint density at radius 3 is 2.74 bits per heavy atom. The van der Waals surface area contributed by atoms with E-state index >= 15 is 0 Å². The van der Waals surface area contributed by atoms with E-state index in [1.54, 1.807) is 0 Å². The minimum absolute atomic E-state index is 0.0215. The third kappa shape index (κ3) is 2.47. The molecule has 100 valence electrons. The number of rotatable bonds is 4. The number of hydrogen-bond donors (Lipinski definition) is 1. The molecule has 1 N–H and O–H groups in total. The molecule has 1 aromatic heterocycles. The molecule has 0 aliphatic carbocycles. The number of halogens is 1. The Hall–Kier alpha value is -1.85. The highest BCUT2D eigenvalue weighted by atomic mass is 35.5. The predicted molar refractivity (Wildman–Crippen MR) is 71.0 cm³/mol. The van der Waals surface area contributed by atoms with Crippen molar-refractivity contribution in [2.24, 2.45) is 0 Å². The number of benzene rings is 1. The summed E-state index contributed by atoms with van der Waals surface area (Å²) in [5.41, 5.74) is 1.99. The molecule has 1 aromatic carbocycles. The first-order chi connectivity index (χ1) is 9.06. The summed E-state index contributed by atoms with van der Waals surface area (Å²) in [6, 6.07) is 7.47. The van der Waals surface area contributed by atoms with Crippen LogP contribution >= 0.6 is 11.6 Å². The van der Waals surface area contributed by atoms with Crippen molar-refractivity contribution in [2.45, 2.75) is 13.5 Å². The molecule has 0 aliphatic rings. The van der Waals surface area contributed by atoms with Gasteiger partial charge in [0.2, 0.25) is 0 Å². The van der Waals surface area contributed by atoms with E-state index in [2.05, 4.69) is 5.10 Å². The largest absolute Gasteiger partial charge is 0.478 e. The van der Waals surface area contributed by atoms with Gasteiger partial charge in [-0.1, -0.05) is 29.8 Å². The third-order valence-corrected chi connectivity index (χ3v) is 3.09. The van der Waals surface area contributed by atoms with Gasteiger partial charge in [-0.2, -0.15) is 5.10 Å². The molecule has 0 spiro atoms. The van der Waals surface area contributed by atoms with Gasteiger partial charge in [-0.15, -0.1) is 0 Å². The van der Waals surface area contributed by atoms with E-state index in [0.29, 0.717) is 5.69 Å². The van der Waals surface area contributed by atoms with Crippen LogP contribution in [0.4, 0.5) is 0 Å². The molecule has 0 saturated carbocycles. The number of methoxy groups -OCH3 is 1. The lowest BCUT2D eigenvalue weighted by atomic mass is 10.2. The normalized spacial score (nSPS) is 10.7. The zero-order valence-corrected chi connectivity index (χ0v) is 11.3.